The zero-order chi connectivity index (χ0) is 25.9. The lowest BCUT2D eigenvalue weighted by atomic mass is 9.77. The normalized spacial score (nSPS) is 19.6. The van der Waals surface area contributed by atoms with Gasteiger partial charge in [0.15, 0.2) is 11.5 Å². The minimum Gasteiger partial charge on any atom is -0.493 e. The van der Waals surface area contributed by atoms with Crippen LogP contribution in [-0.2, 0) is 6.61 Å². The minimum atomic E-state index is 0.289. The number of fused-ring (bicyclic) bond motifs is 3. The molecular weight excluding hydrogens is 536 g/mol. The SMILES string of the molecule is COc1cc(C=Nc2ccc([C@@H]3Nc4ccccc4[C@@H]4C=CC[C@@H]43)cc2)ccc1OCc1ccc(Br)cc1. The summed E-state index contributed by atoms with van der Waals surface area (Å²) in [5.41, 5.74) is 6.91. The molecule has 0 saturated carbocycles. The van der Waals surface area contributed by atoms with Crippen molar-refractivity contribution in [3.63, 3.8) is 0 Å². The molecule has 0 spiro atoms. The van der Waals surface area contributed by atoms with Crippen molar-refractivity contribution < 1.29 is 9.47 Å². The number of ether oxygens (including phenoxy) is 2. The molecule has 1 N–H and O–H groups in total. The van der Waals surface area contributed by atoms with Gasteiger partial charge in [-0.05, 0) is 83.1 Å². The molecule has 0 amide bonds. The van der Waals surface area contributed by atoms with Crippen LogP contribution in [0.25, 0.3) is 0 Å². The molecule has 4 nitrogen and oxygen atoms in total. The van der Waals surface area contributed by atoms with Gasteiger partial charge in [0.25, 0.3) is 0 Å². The highest BCUT2D eigenvalue weighted by Crippen LogP contribution is 2.49. The molecule has 0 radical (unpaired) electrons. The standard InChI is InChI=1S/C33H29BrN2O2/c1-37-32-19-23(11-18-31(32)38-21-22-9-14-25(34)15-10-22)20-35-26-16-12-24(13-17-26)33-29-7-4-6-27(29)28-5-2-3-8-30(28)36-33/h2-6,8-20,27,29,33,36H,7,21H2,1H3/t27-,29-,33-/m0/s1. The first-order valence-corrected chi connectivity index (χ1v) is 13.7. The topological polar surface area (TPSA) is 42.8 Å². The van der Waals surface area contributed by atoms with Crippen molar-refractivity contribution in [3.8, 4) is 11.5 Å². The van der Waals surface area contributed by atoms with Crippen LogP contribution in [0.3, 0.4) is 0 Å². The van der Waals surface area contributed by atoms with Gasteiger partial charge in [0.1, 0.15) is 6.61 Å². The van der Waals surface area contributed by atoms with Crippen LogP contribution >= 0.6 is 15.9 Å². The zero-order valence-electron chi connectivity index (χ0n) is 21.2. The van der Waals surface area contributed by atoms with Gasteiger partial charge in [-0.1, -0.05) is 70.5 Å². The van der Waals surface area contributed by atoms with E-state index in [9.17, 15) is 0 Å². The molecule has 4 aromatic carbocycles. The maximum absolute atomic E-state index is 6.00. The number of halogens is 1. The van der Waals surface area contributed by atoms with Crippen molar-refractivity contribution in [2.75, 3.05) is 12.4 Å². The summed E-state index contributed by atoms with van der Waals surface area (Å²) in [6.45, 7) is 0.475. The third-order valence-corrected chi connectivity index (χ3v) is 7.91. The van der Waals surface area contributed by atoms with E-state index in [-0.39, 0.29) is 6.04 Å². The summed E-state index contributed by atoms with van der Waals surface area (Å²) in [6.07, 6.45) is 7.67. The Hall–Kier alpha value is -3.83. The summed E-state index contributed by atoms with van der Waals surface area (Å²) in [5.74, 6) is 2.41. The van der Waals surface area contributed by atoms with Gasteiger partial charge in [0, 0.05) is 22.3 Å². The number of methoxy groups -OCH3 is 1. The summed E-state index contributed by atoms with van der Waals surface area (Å²) in [6, 6.07) is 31.5. The lowest BCUT2D eigenvalue weighted by Crippen LogP contribution is -2.28. The van der Waals surface area contributed by atoms with E-state index in [0.29, 0.717) is 29.9 Å². The molecule has 4 aromatic rings. The van der Waals surface area contributed by atoms with Crippen molar-refractivity contribution in [1.29, 1.82) is 0 Å². The number of allylic oxidation sites excluding steroid dienone is 2. The van der Waals surface area contributed by atoms with Gasteiger partial charge in [0.2, 0.25) is 0 Å². The van der Waals surface area contributed by atoms with Gasteiger partial charge in [-0.25, -0.2) is 0 Å². The first kappa shape index (κ1) is 24.5. The molecule has 1 aliphatic heterocycles. The largest absolute Gasteiger partial charge is 0.493 e. The number of hydrogen-bond acceptors (Lipinski definition) is 4. The summed E-state index contributed by atoms with van der Waals surface area (Å²) in [7, 11) is 1.66. The number of para-hydroxylation sites is 1. The van der Waals surface area contributed by atoms with E-state index >= 15 is 0 Å². The molecule has 38 heavy (non-hydrogen) atoms. The quantitative estimate of drug-likeness (QED) is 0.180. The van der Waals surface area contributed by atoms with Crippen LogP contribution in [0.5, 0.6) is 11.5 Å². The van der Waals surface area contributed by atoms with E-state index < -0.39 is 0 Å². The molecule has 6 rings (SSSR count). The number of benzene rings is 4. The molecule has 3 atom stereocenters. The fourth-order valence-corrected chi connectivity index (χ4v) is 5.68. The van der Waals surface area contributed by atoms with Crippen LogP contribution in [0.1, 0.15) is 40.6 Å². The van der Waals surface area contributed by atoms with E-state index in [1.807, 2.05) is 48.7 Å². The molecule has 1 aliphatic carbocycles. The van der Waals surface area contributed by atoms with Crippen molar-refractivity contribution in [2.24, 2.45) is 10.9 Å². The van der Waals surface area contributed by atoms with Gasteiger partial charge in [-0.3, -0.25) is 4.99 Å². The number of aliphatic imine (C=N–C) groups is 1. The Balaban J connectivity index is 1.14. The number of rotatable bonds is 7. The van der Waals surface area contributed by atoms with E-state index in [4.69, 9.17) is 14.5 Å². The lowest BCUT2D eigenvalue weighted by Gasteiger charge is -2.37. The molecule has 190 valence electrons. The number of nitrogens with zero attached hydrogens (tertiary/aromatic N) is 1. The monoisotopic (exact) mass is 564 g/mol. The molecule has 0 saturated heterocycles. The Labute approximate surface area is 232 Å². The smallest absolute Gasteiger partial charge is 0.161 e. The summed E-state index contributed by atoms with van der Waals surface area (Å²) in [5, 5.41) is 3.80. The average molecular weight is 566 g/mol. The van der Waals surface area contributed by atoms with Gasteiger partial charge < -0.3 is 14.8 Å². The molecule has 0 unspecified atom stereocenters. The van der Waals surface area contributed by atoms with Crippen molar-refractivity contribution in [3.05, 3.63) is 130 Å². The van der Waals surface area contributed by atoms with Crippen LogP contribution in [0.4, 0.5) is 11.4 Å². The first-order valence-electron chi connectivity index (χ1n) is 12.9. The number of nitrogens with one attached hydrogen (secondary N) is 1. The van der Waals surface area contributed by atoms with E-state index in [2.05, 4.69) is 81.9 Å². The highest BCUT2D eigenvalue weighted by Gasteiger charge is 2.37. The van der Waals surface area contributed by atoms with Crippen LogP contribution < -0.4 is 14.8 Å². The fraction of sp³-hybridized carbons (Fsp3) is 0.182. The van der Waals surface area contributed by atoms with Gasteiger partial charge in [-0.2, -0.15) is 0 Å². The molecule has 5 heteroatoms. The molecule has 2 aliphatic rings. The highest BCUT2D eigenvalue weighted by atomic mass is 79.9. The average Bonchev–Trinajstić information content (AvgIpc) is 3.46. The molecule has 1 heterocycles. The van der Waals surface area contributed by atoms with Crippen LogP contribution in [-0.4, -0.2) is 13.3 Å². The summed E-state index contributed by atoms with van der Waals surface area (Å²) in [4.78, 5) is 4.71. The van der Waals surface area contributed by atoms with Gasteiger partial charge >= 0.3 is 0 Å². The van der Waals surface area contributed by atoms with Crippen molar-refractivity contribution in [1.82, 2.24) is 0 Å². The van der Waals surface area contributed by atoms with E-state index in [1.165, 1.54) is 16.8 Å². The Morgan fingerprint density at radius 2 is 1.76 bits per heavy atom. The van der Waals surface area contributed by atoms with Gasteiger partial charge in [0.05, 0.1) is 18.8 Å². The maximum Gasteiger partial charge on any atom is 0.161 e. The number of anilines is 1. The van der Waals surface area contributed by atoms with Crippen molar-refractivity contribution in [2.45, 2.75) is 25.0 Å². The second kappa shape index (κ2) is 10.9. The van der Waals surface area contributed by atoms with Crippen LogP contribution in [0, 0.1) is 5.92 Å². The third kappa shape index (κ3) is 5.11. The molecular formula is C33H29BrN2O2. The number of hydrogen-bond donors (Lipinski definition) is 1. The second-order valence-corrected chi connectivity index (χ2v) is 10.7. The summed E-state index contributed by atoms with van der Waals surface area (Å²) >= 11 is 3.46. The minimum absolute atomic E-state index is 0.289. The third-order valence-electron chi connectivity index (χ3n) is 7.38. The zero-order valence-corrected chi connectivity index (χ0v) is 22.8. The van der Waals surface area contributed by atoms with E-state index in [1.54, 1.807) is 7.11 Å². The fourth-order valence-electron chi connectivity index (χ4n) is 5.42. The Morgan fingerprint density at radius 3 is 2.58 bits per heavy atom. The Bertz CT molecular complexity index is 1480. The van der Waals surface area contributed by atoms with Crippen molar-refractivity contribution >= 4 is 33.5 Å². The molecule has 0 fully saturated rings. The predicted molar refractivity (Wildman–Crippen MR) is 158 cm³/mol. The van der Waals surface area contributed by atoms with Crippen LogP contribution in [0.15, 0.2) is 113 Å². The van der Waals surface area contributed by atoms with E-state index in [0.717, 1.165) is 27.7 Å². The highest BCUT2D eigenvalue weighted by molar-refractivity contribution is 9.10. The molecule has 0 aromatic heterocycles. The maximum atomic E-state index is 6.00. The lowest BCUT2D eigenvalue weighted by molar-refractivity contribution is 0.284. The Morgan fingerprint density at radius 1 is 0.947 bits per heavy atom. The Kier molecular flexibility index (Phi) is 7.02. The molecule has 0 bridgehead atoms. The van der Waals surface area contributed by atoms with Crippen LogP contribution in [0.2, 0.25) is 0 Å². The predicted octanol–water partition coefficient (Wildman–Crippen LogP) is 8.61. The second-order valence-electron chi connectivity index (χ2n) is 9.74. The first-order chi connectivity index (χ1) is 18.7. The summed E-state index contributed by atoms with van der Waals surface area (Å²) < 4.78 is 12.6. The van der Waals surface area contributed by atoms with Gasteiger partial charge in [-0.15, -0.1) is 0 Å².